The van der Waals surface area contributed by atoms with Crippen LogP contribution in [-0.4, -0.2) is 12.6 Å². The molecule has 8 heteroatoms. The zero-order valence-electron chi connectivity index (χ0n) is 10.7. The third kappa shape index (κ3) is 3.85. The molecule has 21 heavy (non-hydrogen) atoms. The maximum absolute atomic E-state index is 13.7. The van der Waals surface area contributed by atoms with Crippen molar-refractivity contribution < 1.29 is 13.9 Å². The summed E-state index contributed by atoms with van der Waals surface area (Å²) in [6.45, 7) is 1.68. The molecule has 108 valence electrons. The van der Waals surface area contributed by atoms with E-state index < -0.39 is 11.8 Å². The Balaban J connectivity index is 3.33. The van der Waals surface area contributed by atoms with Crippen LogP contribution in [0.25, 0.3) is 0 Å². The Bertz CT molecular complexity index is 674. The topological polar surface area (TPSA) is 85.9 Å². The highest BCUT2D eigenvalue weighted by atomic mass is 35.5. The summed E-state index contributed by atoms with van der Waals surface area (Å²) in [5, 5.41) is 19.1. The van der Waals surface area contributed by atoms with Crippen LogP contribution in [0.1, 0.15) is 17.3 Å². The number of halogens is 3. The Hall–Kier alpha value is -2.28. The molecule has 0 spiro atoms. The molecule has 0 radical (unpaired) electrons. The Labute approximate surface area is 130 Å². The Morgan fingerprint density at radius 1 is 1.43 bits per heavy atom. The zero-order valence-corrected chi connectivity index (χ0v) is 12.2. The van der Waals surface area contributed by atoms with Gasteiger partial charge in [-0.15, -0.1) is 0 Å². The highest BCUT2D eigenvalue weighted by Crippen LogP contribution is 2.36. The van der Waals surface area contributed by atoms with E-state index in [0.29, 0.717) is 0 Å². The summed E-state index contributed by atoms with van der Waals surface area (Å²) in [5.41, 5.74) is -0.625. The minimum atomic E-state index is -0.893. The summed E-state index contributed by atoms with van der Waals surface area (Å²) in [7, 11) is 0. The lowest BCUT2D eigenvalue weighted by molar-refractivity contribution is 0.0526. The molecular weight excluding hydrogens is 320 g/mol. The highest BCUT2D eigenvalue weighted by molar-refractivity contribution is 6.41. The van der Waals surface area contributed by atoms with E-state index in [9.17, 15) is 9.18 Å². The Kier molecular flexibility index (Phi) is 5.98. The van der Waals surface area contributed by atoms with Crippen LogP contribution >= 0.6 is 23.2 Å². The fraction of sp³-hybridized carbons (Fsp3) is 0.154. The fourth-order valence-corrected chi connectivity index (χ4v) is 1.85. The molecule has 0 aliphatic heterocycles. The van der Waals surface area contributed by atoms with Gasteiger partial charge >= 0.3 is 5.97 Å². The van der Waals surface area contributed by atoms with Gasteiger partial charge in [-0.3, -0.25) is 0 Å². The van der Waals surface area contributed by atoms with E-state index in [2.05, 4.69) is 5.32 Å². The predicted molar refractivity (Wildman–Crippen MR) is 75.3 cm³/mol. The average Bonchev–Trinajstić information content (AvgIpc) is 2.47. The van der Waals surface area contributed by atoms with Gasteiger partial charge in [0, 0.05) is 6.20 Å². The molecule has 0 aliphatic carbocycles. The molecule has 1 rings (SSSR count). The van der Waals surface area contributed by atoms with Gasteiger partial charge in [0.25, 0.3) is 0 Å². The van der Waals surface area contributed by atoms with Crippen LogP contribution in [0.5, 0.6) is 0 Å². The van der Waals surface area contributed by atoms with Gasteiger partial charge in [-0.25, -0.2) is 9.18 Å². The second-order valence-corrected chi connectivity index (χ2v) is 4.31. The van der Waals surface area contributed by atoms with Crippen molar-refractivity contribution in [2.45, 2.75) is 6.92 Å². The van der Waals surface area contributed by atoms with Crippen molar-refractivity contribution in [3.05, 3.63) is 39.3 Å². The number of rotatable bonds is 4. The average molecular weight is 328 g/mol. The molecule has 0 aromatic heterocycles. The number of nitrogens with zero attached hydrogens (tertiary/aromatic N) is 2. The summed E-state index contributed by atoms with van der Waals surface area (Å²) in [4.78, 5) is 11.7. The van der Waals surface area contributed by atoms with Gasteiger partial charge in [0.1, 0.15) is 28.6 Å². The van der Waals surface area contributed by atoms with Crippen LogP contribution in [0.2, 0.25) is 10.0 Å². The van der Waals surface area contributed by atoms with Crippen LogP contribution in [-0.2, 0) is 4.74 Å². The second kappa shape index (κ2) is 7.49. The summed E-state index contributed by atoms with van der Waals surface area (Å²) in [6.07, 6.45) is 1.00. The lowest BCUT2D eigenvalue weighted by atomic mass is 10.2. The van der Waals surface area contributed by atoms with Gasteiger partial charge in [0.05, 0.1) is 22.9 Å². The van der Waals surface area contributed by atoms with Gasteiger partial charge in [0.2, 0.25) is 0 Å². The molecule has 0 unspecified atom stereocenters. The molecule has 0 bridgehead atoms. The first-order valence-electron chi connectivity index (χ1n) is 5.57. The summed E-state index contributed by atoms with van der Waals surface area (Å²) in [6, 6.07) is 4.05. The van der Waals surface area contributed by atoms with Crippen molar-refractivity contribution in [1.82, 2.24) is 0 Å². The van der Waals surface area contributed by atoms with Crippen molar-refractivity contribution in [3.8, 4) is 12.1 Å². The molecule has 1 N–H and O–H groups in total. The summed E-state index contributed by atoms with van der Waals surface area (Å²) < 4.78 is 18.5. The molecule has 0 amide bonds. The van der Waals surface area contributed by atoms with Crippen LogP contribution in [0.4, 0.5) is 10.1 Å². The smallest absolute Gasteiger partial charge is 0.339 e. The summed E-state index contributed by atoms with van der Waals surface area (Å²) in [5.74, 6) is -1.71. The monoisotopic (exact) mass is 327 g/mol. The lowest BCUT2D eigenvalue weighted by Gasteiger charge is -2.11. The lowest BCUT2D eigenvalue weighted by Crippen LogP contribution is -2.08. The van der Waals surface area contributed by atoms with Crippen molar-refractivity contribution >= 4 is 34.9 Å². The molecule has 5 nitrogen and oxygen atoms in total. The van der Waals surface area contributed by atoms with Crippen LogP contribution in [0.3, 0.4) is 0 Å². The number of allylic oxidation sites excluding steroid dienone is 1. The van der Waals surface area contributed by atoms with E-state index in [4.69, 9.17) is 38.5 Å². The molecule has 0 saturated heterocycles. The van der Waals surface area contributed by atoms with E-state index in [-0.39, 0.29) is 33.5 Å². The summed E-state index contributed by atoms with van der Waals surface area (Å²) >= 11 is 11.7. The molecule has 1 aromatic carbocycles. The van der Waals surface area contributed by atoms with Gasteiger partial charge in [-0.1, -0.05) is 23.2 Å². The van der Waals surface area contributed by atoms with Crippen molar-refractivity contribution in [1.29, 1.82) is 10.5 Å². The van der Waals surface area contributed by atoms with E-state index >= 15 is 0 Å². The highest BCUT2D eigenvalue weighted by Gasteiger charge is 2.20. The number of nitrogens with one attached hydrogen (secondary N) is 1. The van der Waals surface area contributed by atoms with Gasteiger partial charge < -0.3 is 10.1 Å². The van der Waals surface area contributed by atoms with Gasteiger partial charge in [-0.2, -0.15) is 10.5 Å². The first-order chi connectivity index (χ1) is 9.96. The molecule has 0 atom stereocenters. The van der Waals surface area contributed by atoms with Crippen LogP contribution in [0, 0.1) is 28.5 Å². The molecule has 0 saturated carbocycles. The Morgan fingerprint density at radius 3 is 2.57 bits per heavy atom. The molecule has 1 aromatic rings. The number of nitriles is 2. The molecule has 0 aliphatic rings. The number of hydrogen-bond donors (Lipinski definition) is 1. The first-order valence-corrected chi connectivity index (χ1v) is 6.33. The quantitative estimate of drug-likeness (QED) is 0.518. The van der Waals surface area contributed by atoms with Gasteiger partial charge in [0.15, 0.2) is 0 Å². The number of hydrogen-bond acceptors (Lipinski definition) is 5. The van der Waals surface area contributed by atoms with Crippen molar-refractivity contribution in [2.24, 2.45) is 0 Å². The number of esters is 1. The van der Waals surface area contributed by atoms with E-state index in [0.717, 1.165) is 12.3 Å². The second-order valence-electron chi connectivity index (χ2n) is 3.56. The predicted octanol–water partition coefficient (Wildman–Crippen LogP) is 3.65. The van der Waals surface area contributed by atoms with Gasteiger partial charge in [-0.05, 0) is 13.0 Å². The maximum atomic E-state index is 13.7. The van der Waals surface area contributed by atoms with E-state index in [1.807, 2.05) is 0 Å². The third-order valence-electron chi connectivity index (χ3n) is 2.25. The minimum absolute atomic E-state index is 0.0923. The maximum Gasteiger partial charge on any atom is 0.339 e. The first kappa shape index (κ1) is 16.8. The zero-order chi connectivity index (χ0) is 16.0. The van der Waals surface area contributed by atoms with Crippen molar-refractivity contribution in [2.75, 3.05) is 11.9 Å². The number of ether oxygens (including phenoxy) is 1. The minimum Gasteiger partial charge on any atom is -0.462 e. The normalized spacial score (nSPS) is 9.24. The van der Waals surface area contributed by atoms with E-state index in [1.165, 1.54) is 0 Å². The third-order valence-corrected chi connectivity index (χ3v) is 3.02. The standard InChI is InChI=1S/C13H8Cl2FN3O2/c1-2-21-13(20)8-3-9(16)11(15)12(10(8)14)19-6-7(4-17)5-18/h3,6,19H,2H2,1H3. The number of benzene rings is 1. The number of carbonyl (C=O) groups is 1. The molecule has 0 fully saturated rings. The SMILES string of the molecule is CCOC(=O)c1cc(F)c(Cl)c(NC=C(C#N)C#N)c1Cl. The number of carbonyl (C=O) groups excluding carboxylic acids is 1. The fourth-order valence-electron chi connectivity index (χ4n) is 1.32. The Morgan fingerprint density at radius 2 is 2.05 bits per heavy atom. The molecule has 0 heterocycles. The van der Waals surface area contributed by atoms with Crippen molar-refractivity contribution in [3.63, 3.8) is 0 Å². The van der Waals surface area contributed by atoms with Crippen LogP contribution < -0.4 is 5.32 Å². The largest absolute Gasteiger partial charge is 0.462 e. The van der Waals surface area contributed by atoms with Crippen LogP contribution in [0.15, 0.2) is 17.8 Å². The number of anilines is 1. The van der Waals surface area contributed by atoms with E-state index in [1.54, 1.807) is 19.1 Å². The molecular formula is C13H8Cl2FN3O2.